The van der Waals surface area contributed by atoms with Gasteiger partial charge in [-0.3, -0.25) is 0 Å². The molecule has 118 valence electrons. The van der Waals surface area contributed by atoms with Crippen LogP contribution in [0.4, 0.5) is 17.6 Å². The fourth-order valence-corrected chi connectivity index (χ4v) is 1.78. The van der Waals surface area contributed by atoms with E-state index in [1.807, 2.05) is 27.7 Å². The first-order chi connectivity index (χ1) is 9.53. The zero-order valence-electron chi connectivity index (χ0n) is 12.7. The third kappa shape index (κ3) is 5.87. The van der Waals surface area contributed by atoms with E-state index in [9.17, 15) is 17.6 Å². The van der Waals surface area contributed by atoms with Crippen molar-refractivity contribution >= 4 is 6.08 Å². The average molecular weight is 303 g/mol. The lowest BCUT2D eigenvalue weighted by atomic mass is 10.0. The molecule has 1 N–H and O–H groups in total. The molecule has 0 bridgehead atoms. The standard InChI is InChI=1S/C16H21F4N/c1-5-11(10-21-15(2,3)4)8-12-6-7-13(17)9-14(12)16(18,19)20/h6-9,21H,5,10H2,1-4H3/b11-8-. The van der Waals surface area contributed by atoms with E-state index in [1.165, 1.54) is 12.1 Å². The van der Waals surface area contributed by atoms with Crippen LogP contribution in [0.3, 0.4) is 0 Å². The molecule has 0 spiro atoms. The van der Waals surface area contributed by atoms with E-state index in [0.29, 0.717) is 19.0 Å². The van der Waals surface area contributed by atoms with Crippen molar-refractivity contribution in [2.75, 3.05) is 6.54 Å². The predicted molar refractivity (Wildman–Crippen MR) is 77.4 cm³/mol. The van der Waals surface area contributed by atoms with Gasteiger partial charge >= 0.3 is 6.18 Å². The Balaban J connectivity index is 3.11. The topological polar surface area (TPSA) is 12.0 Å². The maximum atomic E-state index is 13.1. The summed E-state index contributed by atoms with van der Waals surface area (Å²) in [4.78, 5) is 0. The molecule has 0 aliphatic rings. The molecular weight excluding hydrogens is 282 g/mol. The largest absolute Gasteiger partial charge is 0.417 e. The third-order valence-electron chi connectivity index (χ3n) is 2.98. The lowest BCUT2D eigenvalue weighted by molar-refractivity contribution is -0.137. The zero-order chi connectivity index (χ0) is 16.3. The smallest absolute Gasteiger partial charge is 0.308 e. The molecule has 1 nitrogen and oxygen atoms in total. The molecule has 5 heteroatoms. The minimum atomic E-state index is -4.57. The van der Waals surface area contributed by atoms with Gasteiger partial charge in [-0.15, -0.1) is 0 Å². The molecule has 1 aromatic carbocycles. The summed E-state index contributed by atoms with van der Waals surface area (Å²) >= 11 is 0. The lowest BCUT2D eigenvalue weighted by Gasteiger charge is -2.21. The highest BCUT2D eigenvalue weighted by atomic mass is 19.4. The first-order valence-corrected chi connectivity index (χ1v) is 6.84. The van der Waals surface area contributed by atoms with Crippen molar-refractivity contribution in [3.8, 4) is 0 Å². The summed E-state index contributed by atoms with van der Waals surface area (Å²) in [5.41, 5.74) is -0.230. The van der Waals surface area contributed by atoms with E-state index in [2.05, 4.69) is 5.32 Å². The van der Waals surface area contributed by atoms with E-state index < -0.39 is 17.6 Å². The van der Waals surface area contributed by atoms with Gasteiger partial charge in [-0.2, -0.15) is 13.2 Å². The van der Waals surface area contributed by atoms with Crippen LogP contribution in [0.25, 0.3) is 6.08 Å². The molecule has 0 unspecified atom stereocenters. The van der Waals surface area contributed by atoms with Gasteiger partial charge in [0.1, 0.15) is 5.82 Å². The zero-order valence-corrected chi connectivity index (χ0v) is 12.7. The van der Waals surface area contributed by atoms with Gasteiger partial charge in [0.05, 0.1) is 5.56 Å². The lowest BCUT2D eigenvalue weighted by Crippen LogP contribution is -2.37. The molecule has 21 heavy (non-hydrogen) atoms. The summed E-state index contributed by atoms with van der Waals surface area (Å²) < 4.78 is 51.9. The number of hydrogen-bond acceptors (Lipinski definition) is 1. The van der Waals surface area contributed by atoms with Crippen molar-refractivity contribution in [3.63, 3.8) is 0 Å². The maximum Gasteiger partial charge on any atom is 0.417 e. The van der Waals surface area contributed by atoms with Gasteiger partial charge in [-0.05, 0) is 44.9 Å². The van der Waals surface area contributed by atoms with Gasteiger partial charge in [-0.25, -0.2) is 4.39 Å². The molecule has 0 amide bonds. The molecule has 0 aliphatic carbocycles. The van der Waals surface area contributed by atoms with Crippen molar-refractivity contribution in [3.05, 3.63) is 40.7 Å². The Labute approximate surface area is 123 Å². The molecule has 0 aliphatic heterocycles. The van der Waals surface area contributed by atoms with Crippen molar-refractivity contribution in [1.29, 1.82) is 0 Å². The number of halogens is 4. The van der Waals surface area contributed by atoms with E-state index in [0.717, 1.165) is 11.6 Å². The summed E-state index contributed by atoms with van der Waals surface area (Å²) in [5.74, 6) is -0.884. The monoisotopic (exact) mass is 303 g/mol. The summed E-state index contributed by atoms with van der Waals surface area (Å²) in [6.45, 7) is 8.33. The molecule has 0 aromatic heterocycles. The number of rotatable bonds is 4. The molecule has 0 atom stereocenters. The van der Waals surface area contributed by atoms with Gasteiger partial charge in [0.2, 0.25) is 0 Å². The maximum absolute atomic E-state index is 13.1. The quantitative estimate of drug-likeness (QED) is 0.770. The van der Waals surface area contributed by atoms with Gasteiger partial charge in [0, 0.05) is 12.1 Å². The summed E-state index contributed by atoms with van der Waals surface area (Å²) in [6, 6.07) is 2.76. The van der Waals surface area contributed by atoms with Crippen LogP contribution in [0, 0.1) is 5.82 Å². The first-order valence-electron chi connectivity index (χ1n) is 6.84. The number of nitrogens with one attached hydrogen (secondary N) is 1. The van der Waals surface area contributed by atoms with Gasteiger partial charge in [-0.1, -0.05) is 24.6 Å². The van der Waals surface area contributed by atoms with Crippen LogP contribution in [0.1, 0.15) is 45.2 Å². The summed E-state index contributed by atoms with van der Waals surface area (Å²) in [7, 11) is 0. The van der Waals surface area contributed by atoms with Crippen LogP contribution in [0.5, 0.6) is 0 Å². The molecule has 1 aromatic rings. The molecule has 0 fully saturated rings. The van der Waals surface area contributed by atoms with Crippen molar-refractivity contribution < 1.29 is 17.6 Å². The Morgan fingerprint density at radius 2 is 1.81 bits per heavy atom. The SMILES string of the molecule is CC/C(=C/c1ccc(F)cc1C(F)(F)F)CNC(C)(C)C. The van der Waals surface area contributed by atoms with Crippen LogP contribution < -0.4 is 5.32 Å². The Hall–Kier alpha value is -1.36. The average Bonchev–Trinajstić information content (AvgIpc) is 2.33. The Morgan fingerprint density at radius 3 is 2.29 bits per heavy atom. The number of benzene rings is 1. The van der Waals surface area contributed by atoms with E-state index in [-0.39, 0.29) is 11.1 Å². The van der Waals surface area contributed by atoms with E-state index in [4.69, 9.17) is 0 Å². The first kappa shape index (κ1) is 17.7. The highest BCUT2D eigenvalue weighted by Gasteiger charge is 2.33. The molecule has 0 saturated heterocycles. The van der Waals surface area contributed by atoms with Crippen LogP contribution >= 0.6 is 0 Å². The Bertz CT molecular complexity index is 510. The second-order valence-electron chi connectivity index (χ2n) is 5.99. The number of alkyl halides is 3. The second-order valence-corrected chi connectivity index (χ2v) is 5.99. The summed E-state index contributed by atoms with van der Waals surface area (Å²) in [6.07, 6.45) is -2.46. The summed E-state index contributed by atoms with van der Waals surface area (Å²) in [5, 5.41) is 3.24. The van der Waals surface area contributed by atoms with Crippen LogP contribution in [0.2, 0.25) is 0 Å². The van der Waals surface area contributed by atoms with Crippen molar-refractivity contribution in [2.45, 2.75) is 45.8 Å². The molecule has 0 radical (unpaired) electrons. The highest BCUT2D eigenvalue weighted by molar-refractivity contribution is 5.58. The molecular formula is C16H21F4N. The number of hydrogen-bond donors (Lipinski definition) is 1. The molecule has 0 saturated carbocycles. The van der Waals surface area contributed by atoms with Crippen LogP contribution in [-0.2, 0) is 6.18 Å². The normalized spacial score (nSPS) is 13.6. The molecule has 1 rings (SSSR count). The minimum absolute atomic E-state index is 0.00328. The molecule has 0 heterocycles. The van der Waals surface area contributed by atoms with Crippen LogP contribution in [0.15, 0.2) is 23.8 Å². The second kappa shape index (κ2) is 6.60. The van der Waals surface area contributed by atoms with Gasteiger partial charge < -0.3 is 5.32 Å². The van der Waals surface area contributed by atoms with E-state index in [1.54, 1.807) is 0 Å². The predicted octanol–water partition coefficient (Wildman–Crippen LogP) is 5.03. The van der Waals surface area contributed by atoms with Gasteiger partial charge in [0.25, 0.3) is 0 Å². The van der Waals surface area contributed by atoms with Crippen molar-refractivity contribution in [1.82, 2.24) is 5.32 Å². The van der Waals surface area contributed by atoms with E-state index >= 15 is 0 Å². The highest BCUT2D eigenvalue weighted by Crippen LogP contribution is 2.33. The van der Waals surface area contributed by atoms with Crippen molar-refractivity contribution in [2.24, 2.45) is 0 Å². The fraction of sp³-hybridized carbons (Fsp3) is 0.500. The minimum Gasteiger partial charge on any atom is -0.308 e. The Kier molecular flexibility index (Phi) is 5.56. The third-order valence-corrected chi connectivity index (χ3v) is 2.98. The fourth-order valence-electron chi connectivity index (χ4n) is 1.78. The Morgan fingerprint density at radius 1 is 1.19 bits per heavy atom. The van der Waals surface area contributed by atoms with Crippen LogP contribution in [-0.4, -0.2) is 12.1 Å². The van der Waals surface area contributed by atoms with Gasteiger partial charge in [0.15, 0.2) is 0 Å².